The number of aliphatic hydroxyl groups is 1. The van der Waals surface area contributed by atoms with Crippen LogP contribution in [0.5, 0.6) is 0 Å². The van der Waals surface area contributed by atoms with Gasteiger partial charge < -0.3 is 9.84 Å². The van der Waals surface area contributed by atoms with Gasteiger partial charge in [0.2, 0.25) is 0 Å². The molecule has 0 bridgehead atoms. The molecule has 1 N–H and O–H groups in total. The quantitative estimate of drug-likeness (QED) is 0.522. The first-order valence-corrected chi connectivity index (χ1v) is 3.95. The van der Waals surface area contributed by atoms with E-state index in [0.29, 0.717) is 6.61 Å². The lowest BCUT2D eigenvalue weighted by molar-refractivity contribution is -0.140. The van der Waals surface area contributed by atoms with Crippen molar-refractivity contribution in [3.05, 3.63) is 0 Å². The van der Waals surface area contributed by atoms with Crippen molar-refractivity contribution in [3.8, 4) is 0 Å². The maximum atomic E-state index is 9.82. The zero-order valence-corrected chi connectivity index (χ0v) is 8.45. The Kier molecular flexibility index (Phi) is 35.2. The van der Waals surface area contributed by atoms with E-state index in [1.54, 1.807) is 6.92 Å². The van der Waals surface area contributed by atoms with E-state index < -0.39 is 0 Å². The molecular weight excluding hydrogens is 191 g/mol. The molecule has 5 heteroatoms. The van der Waals surface area contributed by atoms with Crippen LogP contribution in [0.2, 0.25) is 0 Å². The van der Waals surface area contributed by atoms with Crippen molar-refractivity contribution < 1.29 is 14.6 Å². The average molecular weight is 205 g/mol. The Balaban J connectivity index is -0.000000109. The molecule has 0 unspecified atom stereocenters. The van der Waals surface area contributed by atoms with Crippen LogP contribution in [0.1, 0.15) is 13.8 Å². The van der Waals surface area contributed by atoms with E-state index in [0.717, 1.165) is 7.11 Å². The van der Waals surface area contributed by atoms with Crippen LogP contribution in [0.25, 0.3) is 0 Å². The van der Waals surface area contributed by atoms with Crippen molar-refractivity contribution in [3.63, 3.8) is 0 Å². The van der Waals surface area contributed by atoms with Crippen LogP contribution in [0.4, 0.5) is 0 Å². The molecule has 0 aliphatic carbocycles. The second-order valence-corrected chi connectivity index (χ2v) is 1.83. The predicted octanol–water partition coefficient (Wildman–Crippen LogP) is 1.60. The Bertz CT molecular complexity index is 68.8. The lowest BCUT2D eigenvalue weighted by atomic mass is 10.8. The van der Waals surface area contributed by atoms with Gasteiger partial charge in [-0.05, 0) is 6.92 Å². The van der Waals surface area contributed by atoms with Crippen molar-refractivity contribution in [1.82, 2.24) is 0 Å². The molecule has 0 heterocycles. The Morgan fingerprint density at radius 3 is 1.73 bits per heavy atom. The van der Waals surface area contributed by atoms with E-state index in [1.165, 1.54) is 6.92 Å². The smallest absolute Gasteiger partial charge is 0.302 e. The highest BCUT2D eigenvalue weighted by atomic mass is 35.5. The second kappa shape index (κ2) is 22.5. The highest BCUT2D eigenvalue weighted by Crippen LogP contribution is 1.73. The fourth-order valence-electron chi connectivity index (χ4n) is 0.203. The van der Waals surface area contributed by atoms with Crippen LogP contribution in [0.3, 0.4) is 0 Å². The number of esters is 1. The van der Waals surface area contributed by atoms with Crippen molar-refractivity contribution in [2.24, 2.45) is 0 Å². The number of carbonyl (C=O) groups excluding carboxylic acids is 1. The minimum atomic E-state index is -0.211. The van der Waals surface area contributed by atoms with Gasteiger partial charge in [0, 0.05) is 14.0 Å². The van der Waals surface area contributed by atoms with Crippen molar-refractivity contribution in [2.75, 3.05) is 19.1 Å². The molecule has 0 spiro atoms. The summed E-state index contributed by atoms with van der Waals surface area (Å²) in [6, 6.07) is 0. The van der Waals surface area contributed by atoms with Crippen LogP contribution in [0.15, 0.2) is 0 Å². The number of halogens is 2. The molecule has 0 saturated heterocycles. The van der Waals surface area contributed by atoms with Gasteiger partial charge in [-0.15, -0.1) is 23.2 Å². The van der Waals surface area contributed by atoms with E-state index >= 15 is 0 Å². The zero-order valence-electron chi connectivity index (χ0n) is 6.93. The zero-order chi connectivity index (χ0) is 9.70. The third kappa shape index (κ3) is 70.9. The molecule has 3 nitrogen and oxygen atoms in total. The molecule has 0 aliphatic heterocycles. The minimum absolute atomic E-state index is 0.194. The molecule has 0 aliphatic rings. The van der Waals surface area contributed by atoms with Crippen LogP contribution in [-0.2, 0) is 9.53 Å². The SMILES string of the molecule is CCOC(C)=O.CO.ClCCl. The first-order valence-electron chi connectivity index (χ1n) is 2.89. The maximum Gasteiger partial charge on any atom is 0.302 e. The molecular formula is C6H14Cl2O3. The second-order valence-electron chi connectivity index (χ2n) is 1.03. The van der Waals surface area contributed by atoms with Gasteiger partial charge >= 0.3 is 5.97 Å². The third-order valence-electron chi connectivity index (χ3n) is 0.348. The van der Waals surface area contributed by atoms with Crippen LogP contribution in [0, 0.1) is 0 Å². The van der Waals surface area contributed by atoms with Gasteiger partial charge in [0.05, 0.1) is 11.9 Å². The van der Waals surface area contributed by atoms with Gasteiger partial charge in [-0.2, -0.15) is 0 Å². The van der Waals surface area contributed by atoms with Crippen molar-refractivity contribution >= 4 is 29.2 Å². The van der Waals surface area contributed by atoms with E-state index in [4.69, 9.17) is 28.3 Å². The molecule has 0 fully saturated rings. The maximum absolute atomic E-state index is 9.82. The van der Waals surface area contributed by atoms with Gasteiger partial charge in [-0.25, -0.2) is 0 Å². The minimum Gasteiger partial charge on any atom is -0.466 e. The Labute approximate surface area is 77.3 Å². The molecule has 0 atom stereocenters. The van der Waals surface area contributed by atoms with E-state index in [-0.39, 0.29) is 11.3 Å². The number of hydrogen-bond acceptors (Lipinski definition) is 3. The molecule has 0 rings (SSSR count). The summed E-state index contributed by atoms with van der Waals surface area (Å²) in [6.07, 6.45) is 0. The molecule has 11 heavy (non-hydrogen) atoms. The number of carbonyl (C=O) groups is 1. The first-order chi connectivity index (χ1) is 5.18. The van der Waals surface area contributed by atoms with E-state index in [9.17, 15) is 4.79 Å². The van der Waals surface area contributed by atoms with Gasteiger partial charge in [-0.3, -0.25) is 4.79 Å². The average Bonchev–Trinajstić information content (AvgIpc) is 1.93. The lowest BCUT2D eigenvalue weighted by Crippen LogP contribution is -1.95. The van der Waals surface area contributed by atoms with Crippen molar-refractivity contribution in [1.29, 1.82) is 0 Å². The Morgan fingerprint density at radius 2 is 1.73 bits per heavy atom. The molecule has 0 amide bonds. The van der Waals surface area contributed by atoms with Crippen LogP contribution in [-0.4, -0.2) is 30.1 Å². The summed E-state index contributed by atoms with van der Waals surface area (Å²) in [5, 5.41) is 7.19. The normalized spacial score (nSPS) is 6.36. The highest BCUT2D eigenvalue weighted by Gasteiger charge is 1.81. The largest absolute Gasteiger partial charge is 0.466 e. The van der Waals surface area contributed by atoms with Gasteiger partial charge in [0.15, 0.2) is 0 Å². The van der Waals surface area contributed by atoms with Crippen LogP contribution >= 0.6 is 23.2 Å². The lowest BCUT2D eigenvalue weighted by Gasteiger charge is -1.89. The molecule has 70 valence electrons. The summed E-state index contributed by atoms with van der Waals surface area (Å²) < 4.78 is 4.40. The number of rotatable bonds is 1. The van der Waals surface area contributed by atoms with Crippen molar-refractivity contribution in [2.45, 2.75) is 13.8 Å². The fraction of sp³-hybridized carbons (Fsp3) is 0.833. The fourth-order valence-corrected chi connectivity index (χ4v) is 0.203. The summed E-state index contributed by atoms with van der Waals surface area (Å²) in [4.78, 5) is 9.82. The number of alkyl halides is 2. The highest BCUT2D eigenvalue weighted by molar-refractivity contribution is 6.40. The topological polar surface area (TPSA) is 46.5 Å². The predicted molar refractivity (Wildman–Crippen MR) is 47.0 cm³/mol. The molecule has 0 aromatic rings. The number of ether oxygens (including phenoxy) is 1. The summed E-state index contributed by atoms with van der Waals surface area (Å²) in [6.45, 7) is 3.65. The number of aliphatic hydroxyl groups excluding tert-OH is 1. The summed E-state index contributed by atoms with van der Waals surface area (Å²) in [5.41, 5.74) is 0. The van der Waals surface area contributed by atoms with Crippen LogP contribution < -0.4 is 0 Å². The monoisotopic (exact) mass is 204 g/mol. The van der Waals surface area contributed by atoms with Gasteiger partial charge in [0.25, 0.3) is 0 Å². The standard InChI is InChI=1S/C4H8O2.CH2Cl2.CH4O/c1-3-6-4(2)5;2-1-3;1-2/h3H2,1-2H3;1H2;2H,1H3. The van der Waals surface area contributed by atoms with Gasteiger partial charge in [-0.1, -0.05) is 0 Å². The third-order valence-corrected chi connectivity index (χ3v) is 0.348. The summed E-state index contributed by atoms with van der Waals surface area (Å²) >= 11 is 9.53. The summed E-state index contributed by atoms with van der Waals surface area (Å²) in [7, 11) is 1.00. The molecule has 0 radical (unpaired) electrons. The molecule has 0 saturated carbocycles. The summed E-state index contributed by atoms with van der Waals surface area (Å²) in [5.74, 6) is -0.211. The Hall–Kier alpha value is 0.01000. The first kappa shape index (κ1) is 17.2. The van der Waals surface area contributed by atoms with E-state index in [2.05, 4.69) is 4.74 Å². The Morgan fingerprint density at radius 1 is 1.45 bits per heavy atom. The number of hydrogen-bond donors (Lipinski definition) is 1. The molecule has 0 aromatic heterocycles. The van der Waals surface area contributed by atoms with Gasteiger partial charge in [0.1, 0.15) is 0 Å². The van der Waals surface area contributed by atoms with E-state index in [1.807, 2.05) is 0 Å². The molecule has 0 aromatic carbocycles.